The van der Waals surface area contributed by atoms with E-state index in [0.29, 0.717) is 0 Å². The van der Waals surface area contributed by atoms with E-state index in [9.17, 15) is 0 Å². The third kappa shape index (κ3) is 1.94. The summed E-state index contributed by atoms with van der Waals surface area (Å²) >= 11 is 0. The number of nitrogens with one attached hydrogen (secondary N) is 2. The van der Waals surface area contributed by atoms with Gasteiger partial charge in [-0.05, 0) is 25.0 Å². The quantitative estimate of drug-likeness (QED) is 0.779. The van der Waals surface area contributed by atoms with Crippen LogP contribution in [0.25, 0.3) is 0 Å². The second-order valence-corrected chi connectivity index (χ2v) is 4.38. The number of benzene rings is 1. The summed E-state index contributed by atoms with van der Waals surface area (Å²) in [5.41, 5.74) is 2.60. The van der Waals surface area contributed by atoms with Crippen LogP contribution in [0, 0.1) is 0 Å². The molecule has 1 heterocycles. The van der Waals surface area contributed by atoms with Gasteiger partial charge in [0.05, 0.1) is 11.4 Å². The van der Waals surface area contributed by atoms with Crippen molar-refractivity contribution < 1.29 is 0 Å². The third-order valence-electron chi connectivity index (χ3n) is 3.03. The van der Waals surface area contributed by atoms with Crippen LogP contribution in [0.15, 0.2) is 24.3 Å². The van der Waals surface area contributed by atoms with Gasteiger partial charge in [0.2, 0.25) is 0 Å². The van der Waals surface area contributed by atoms with Crippen LogP contribution in [0.2, 0.25) is 0 Å². The Morgan fingerprint density at radius 2 is 1.40 bits per heavy atom. The largest absolute Gasteiger partial charge is 0.361 e. The van der Waals surface area contributed by atoms with Gasteiger partial charge < -0.3 is 10.6 Å². The molecule has 0 spiro atoms. The maximum Gasteiger partial charge on any atom is 0.108 e. The van der Waals surface area contributed by atoms with Crippen LogP contribution >= 0.6 is 0 Å². The van der Waals surface area contributed by atoms with Gasteiger partial charge in [0.1, 0.15) is 5.66 Å². The third-order valence-corrected chi connectivity index (χ3v) is 3.03. The highest BCUT2D eigenvalue weighted by atomic mass is 15.3. The monoisotopic (exact) mass is 204 g/mol. The molecule has 15 heavy (non-hydrogen) atoms. The molecule has 0 amide bonds. The van der Waals surface area contributed by atoms with Gasteiger partial charge in [-0.15, -0.1) is 0 Å². The topological polar surface area (TPSA) is 24.1 Å². The van der Waals surface area contributed by atoms with Crippen molar-refractivity contribution in [2.45, 2.75) is 45.2 Å². The van der Waals surface area contributed by atoms with E-state index in [4.69, 9.17) is 0 Å². The average molecular weight is 204 g/mol. The molecule has 1 aromatic rings. The molecule has 0 radical (unpaired) electrons. The van der Waals surface area contributed by atoms with E-state index in [2.05, 4.69) is 48.7 Å². The standard InChI is InChI=1S/C13H20N2/c1-3-9-13(10-4-2)14-11-7-5-6-8-12(11)15-13/h5-8,14-15H,3-4,9-10H2,1-2H3. The molecular formula is C13H20N2. The van der Waals surface area contributed by atoms with Gasteiger partial charge in [-0.1, -0.05) is 38.8 Å². The van der Waals surface area contributed by atoms with Crippen LogP contribution in [0.3, 0.4) is 0 Å². The van der Waals surface area contributed by atoms with Gasteiger partial charge >= 0.3 is 0 Å². The average Bonchev–Trinajstić information content (AvgIpc) is 2.56. The Balaban J connectivity index is 2.19. The highest BCUT2D eigenvalue weighted by Gasteiger charge is 2.33. The van der Waals surface area contributed by atoms with Crippen LogP contribution in [-0.4, -0.2) is 5.66 Å². The van der Waals surface area contributed by atoms with Gasteiger partial charge in [0.15, 0.2) is 0 Å². The van der Waals surface area contributed by atoms with Gasteiger partial charge in [0.25, 0.3) is 0 Å². The minimum atomic E-state index is 0.104. The van der Waals surface area contributed by atoms with Gasteiger partial charge in [-0.2, -0.15) is 0 Å². The Morgan fingerprint density at radius 3 is 1.80 bits per heavy atom. The molecule has 0 aromatic heterocycles. The normalized spacial score (nSPS) is 16.7. The molecule has 1 aromatic carbocycles. The molecule has 0 saturated heterocycles. The van der Waals surface area contributed by atoms with E-state index in [1.165, 1.54) is 37.1 Å². The van der Waals surface area contributed by atoms with E-state index in [1.54, 1.807) is 0 Å². The summed E-state index contributed by atoms with van der Waals surface area (Å²) in [6.07, 6.45) is 4.76. The number of anilines is 2. The second kappa shape index (κ2) is 4.13. The molecule has 0 atom stereocenters. The first-order valence-corrected chi connectivity index (χ1v) is 5.95. The predicted octanol–water partition coefficient (Wildman–Crippen LogP) is 3.82. The minimum Gasteiger partial charge on any atom is -0.361 e. The minimum absolute atomic E-state index is 0.104. The molecule has 0 bridgehead atoms. The van der Waals surface area contributed by atoms with E-state index in [0.717, 1.165) is 0 Å². The van der Waals surface area contributed by atoms with Crippen molar-refractivity contribution in [3.63, 3.8) is 0 Å². The lowest BCUT2D eigenvalue weighted by molar-refractivity contribution is 0.452. The van der Waals surface area contributed by atoms with Crippen molar-refractivity contribution in [1.29, 1.82) is 0 Å². The lowest BCUT2D eigenvalue weighted by atomic mass is 9.99. The Labute approximate surface area is 92.1 Å². The molecule has 1 aliphatic rings. The maximum atomic E-state index is 3.64. The SMILES string of the molecule is CCCC1(CCC)Nc2ccccc2N1. The fourth-order valence-corrected chi connectivity index (χ4v) is 2.48. The predicted molar refractivity (Wildman–Crippen MR) is 66.2 cm³/mol. The van der Waals surface area contributed by atoms with Crippen LogP contribution < -0.4 is 10.6 Å². The Morgan fingerprint density at radius 1 is 0.933 bits per heavy atom. The maximum absolute atomic E-state index is 3.64. The second-order valence-electron chi connectivity index (χ2n) is 4.38. The molecule has 2 nitrogen and oxygen atoms in total. The number of para-hydroxylation sites is 2. The highest BCUT2D eigenvalue weighted by Crippen LogP contribution is 2.38. The molecule has 0 unspecified atom stereocenters. The summed E-state index contributed by atoms with van der Waals surface area (Å²) in [7, 11) is 0. The molecular weight excluding hydrogens is 184 g/mol. The summed E-state index contributed by atoms with van der Waals surface area (Å²) < 4.78 is 0. The van der Waals surface area contributed by atoms with Crippen molar-refractivity contribution in [3.05, 3.63) is 24.3 Å². The van der Waals surface area contributed by atoms with Gasteiger partial charge in [-0.25, -0.2) is 0 Å². The molecule has 0 aliphatic carbocycles. The zero-order valence-electron chi connectivity index (χ0n) is 9.64. The molecule has 0 fully saturated rings. The highest BCUT2D eigenvalue weighted by molar-refractivity contribution is 5.75. The van der Waals surface area contributed by atoms with Crippen molar-refractivity contribution in [2.75, 3.05) is 10.6 Å². The first-order valence-electron chi connectivity index (χ1n) is 5.95. The van der Waals surface area contributed by atoms with Crippen molar-refractivity contribution >= 4 is 11.4 Å². The molecule has 0 saturated carbocycles. The van der Waals surface area contributed by atoms with E-state index < -0.39 is 0 Å². The fraction of sp³-hybridized carbons (Fsp3) is 0.538. The van der Waals surface area contributed by atoms with Crippen molar-refractivity contribution in [3.8, 4) is 0 Å². The summed E-state index contributed by atoms with van der Waals surface area (Å²) in [6.45, 7) is 4.48. The Hall–Kier alpha value is -1.18. The van der Waals surface area contributed by atoms with Crippen LogP contribution in [0.5, 0.6) is 0 Å². The van der Waals surface area contributed by atoms with Gasteiger partial charge in [-0.3, -0.25) is 0 Å². The number of hydrogen-bond acceptors (Lipinski definition) is 2. The van der Waals surface area contributed by atoms with Crippen LogP contribution in [-0.2, 0) is 0 Å². The Kier molecular flexibility index (Phi) is 2.85. The van der Waals surface area contributed by atoms with Crippen molar-refractivity contribution in [1.82, 2.24) is 0 Å². The summed E-state index contributed by atoms with van der Waals surface area (Å²) in [4.78, 5) is 0. The molecule has 2 heteroatoms. The van der Waals surface area contributed by atoms with Crippen LogP contribution in [0.1, 0.15) is 39.5 Å². The fourth-order valence-electron chi connectivity index (χ4n) is 2.48. The van der Waals surface area contributed by atoms with E-state index in [-0.39, 0.29) is 5.66 Å². The lowest BCUT2D eigenvalue weighted by Crippen LogP contribution is -2.41. The molecule has 82 valence electrons. The molecule has 2 N–H and O–H groups in total. The zero-order chi connectivity index (χ0) is 10.7. The van der Waals surface area contributed by atoms with E-state index >= 15 is 0 Å². The summed E-state index contributed by atoms with van der Waals surface area (Å²) in [5.74, 6) is 0. The van der Waals surface area contributed by atoms with Gasteiger partial charge in [0, 0.05) is 0 Å². The van der Waals surface area contributed by atoms with Crippen molar-refractivity contribution in [2.24, 2.45) is 0 Å². The first kappa shape index (κ1) is 10.3. The number of rotatable bonds is 4. The first-order chi connectivity index (χ1) is 7.29. The number of hydrogen-bond donors (Lipinski definition) is 2. The Bertz CT molecular complexity index is 300. The summed E-state index contributed by atoms with van der Waals surface area (Å²) in [6, 6.07) is 8.47. The van der Waals surface area contributed by atoms with Crippen LogP contribution in [0.4, 0.5) is 11.4 Å². The summed E-state index contributed by atoms with van der Waals surface area (Å²) in [5, 5.41) is 7.28. The zero-order valence-corrected chi connectivity index (χ0v) is 9.64. The smallest absolute Gasteiger partial charge is 0.108 e. The number of fused-ring (bicyclic) bond motifs is 1. The molecule has 2 rings (SSSR count). The van der Waals surface area contributed by atoms with E-state index in [1.807, 2.05) is 0 Å². The lowest BCUT2D eigenvalue weighted by Gasteiger charge is -2.30. The molecule has 1 aliphatic heterocycles.